The quantitative estimate of drug-likeness (QED) is 0.497. The average molecular weight is 353 g/mol. The van der Waals surface area contributed by atoms with Crippen molar-refractivity contribution in [1.29, 1.82) is 0 Å². The zero-order chi connectivity index (χ0) is 18.3. The van der Waals surface area contributed by atoms with Crippen LogP contribution in [0.15, 0.2) is 72.8 Å². The zero-order valence-corrected chi connectivity index (χ0v) is 13.5. The van der Waals surface area contributed by atoms with E-state index in [-0.39, 0.29) is 0 Å². The van der Waals surface area contributed by atoms with Gasteiger partial charge in [0.1, 0.15) is 0 Å². The van der Waals surface area contributed by atoms with Gasteiger partial charge in [-0.15, -0.1) is 0 Å². The van der Waals surface area contributed by atoms with Crippen LogP contribution in [-0.4, -0.2) is 9.55 Å². The molecule has 0 aliphatic rings. The standard InChI is InChI=1S/C20H14F3N3/c21-20(22,23)19-25-17-9-1-2-10-18(17)26(19)16-8-4-6-14(12-16)13-5-3-7-15(24)11-13/h1-12H,24H2. The number of hydrogen-bond acceptors (Lipinski definition) is 2. The molecule has 130 valence electrons. The van der Waals surface area contributed by atoms with Gasteiger partial charge in [-0.25, -0.2) is 4.98 Å². The number of rotatable bonds is 2. The van der Waals surface area contributed by atoms with Crippen molar-refractivity contribution in [2.45, 2.75) is 6.18 Å². The summed E-state index contributed by atoms with van der Waals surface area (Å²) in [6.07, 6.45) is -4.56. The van der Waals surface area contributed by atoms with Gasteiger partial charge in [-0.05, 0) is 47.5 Å². The highest BCUT2D eigenvalue weighted by Gasteiger charge is 2.38. The Morgan fingerprint density at radius 3 is 2.23 bits per heavy atom. The number of fused-ring (bicyclic) bond motifs is 1. The highest BCUT2D eigenvalue weighted by Crippen LogP contribution is 2.34. The second-order valence-electron chi connectivity index (χ2n) is 5.93. The van der Waals surface area contributed by atoms with Crippen LogP contribution >= 0.6 is 0 Å². The van der Waals surface area contributed by atoms with Gasteiger partial charge in [-0.2, -0.15) is 13.2 Å². The predicted molar refractivity (Wildman–Crippen MR) is 95.9 cm³/mol. The summed E-state index contributed by atoms with van der Waals surface area (Å²) >= 11 is 0. The number of aromatic nitrogens is 2. The first kappa shape index (κ1) is 16.2. The Labute approximate surface area is 147 Å². The molecule has 3 nitrogen and oxygen atoms in total. The van der Waals surface area contributed by atoms with Crippen LogP contribution in [0.3, 0.4) is 0 Å². The SMILES string of the molecule is Nc1cccc(-c2cccc(-n3c(C(F)(F)F)nc4ccccc43)c2)c1. The Hall–Kier alpha value is -3.28. The topological polar surface area (TPSA) is 43.8 Å². The lowest BCUT2D eigenvalue weighted by molar-refractivity contribution is -0.145. The van der Waals surface area contributed by atoms with Crippen LogP contribution < -0.4 is 5.73 Å². The normalized spacial score (nSPS) is 11.8. The van der Waals surface area contributed by atoms with Crippen molar-refractivity contribution in [1.82, 2.24) is 9.55 Å². The Morgan fingerprint density at radius 1 is 0.808 bits per heavy atom. The minimum atomic E-state index is -4.56. The summed E-state index contributed by atoms with van der Waals surface area (Å²) in [5.74, 6) is -0.941. The summed E-state index contributed by atoms with van der Waals surface area (Å²) < 4.78 is 41.8. The molecule has 0 saturated carbocycles. The number of nitrogens with zero attached hydrogens (tertiary/aromatic N) is 2. The van der Waals surface area contributed by atoms with Crippen LogP contribution in [0.25, 0.3) is 27.8 Å². The fourth-order valence-electron chi connectivity index (χ4n) is 3.02. The minimum absolute atomic E-state index is 0.300. The number of imidazole rings is 1. The first-order valence-electron chi connectivity index (χ1n) is 7.94. The molecule has 0 spiro atoms. The number of nitrogens with two attached hydrogens (primary N) is 1. The third-order valence-corrected chi connectivity index (χ3v) is 4.14. The third kappa shape index (κ3) is 2.79. The fraction of sp³-hybridized carbons (Fsp3) is 0.0500. The third-order valence-electron chi connectivity index (χ3n) is 4.14. The molecule has 2 N–H and O–H groups in total. The minimum Gasteiger partial charge on any atom is -0.399 e. The molecule has 1 heterocycles. The van der Waals surface area contributed by atoms with Crippen LogP contribution in [0.2, 0.25) is 0 Å². The van der Waals surface area contributed by atoms with Crippen LogP contribution in [0, 0.1) is 0 Å². The van der Waals surface area contributed by atoms with E-state index in [0.717, 1.165) is 15.7 Å². The maximum Gasteiger partial charge on any atom is 0.450 e. The van der Waals surface area contributed by atoms with E-state index in [4.69, 9.17) is 5.73 Å². The number of benzene rings is 3. The Bertz CT molecular complexity index is 1100. The van der Waals surface area contributed by atoms with E-state index in [1.807, 2.05) is 18.2 Å². The van der Waals surface area contributed by atoms with E-state index >= 15 is 0 Å². The molecule has 0 unspecified atom stereocenters. The number of para-hydroxylation sites is 2. The highest BCUT2D eigenvalue weighted by atomic mass is 19.4. The van der Waals surface area contributed by atoms with Crippen molar-refractivity contribution in [3.63, 3.8) is 0 Å². The van der Waals surface area contributed by atoms with Crippen molar-refractivity contribution in [3.05, 3.63) is 78.6 Å². The maximum atomic E-state index is 13.5. The summed E-state index contributed by atoms with van der Waals surface area (Å²) in [5, 5.41) is 0. The molecule has 1 aromatic heterocycles. The molecule has 4 aromatic rings. The first-order chi connectivity index (χ1) is 12.4. The van der Waals surface area contributed by atoms with Crippen LogP contribution in [0.4, 0.5) is 18.9 Å². The zero-order valence-electron chi connectivity index (χ0n) is 13.5. The second-order valence-corrected chi connectivity index (χ2v) is 5.93. The molecule has 0 fully saturated rings. The molecule has 0 radical (unpaired) electrons. The van der Waals surface area contributed by atoms with E-state index in [9.17, 15) is 13.2 Å². The predicted octanol–water partition coefficient (Wildman–Crippen LogP) is 5.29. The van der Waals surface area contributed by atoms with Crippen LogP contribution in [-0.2, 0) is 6.18 Å². The van der Waals surface area contributed by atoms with E-state index in [1.54, 1.807) is 54.6 Å². The largest absolute Gasteiger partial charge is 0.450 e. The van der Waals surface area contributed by atoms with Gasteiger partial charge in [0.25, 0.3) is 0 Å². The highest BCUT2D eigenvalue weighted by molar-refractivity contribution is 5.79. The van der Waals surface area contributed by atoms with Crippen LogP contribution in [0.1, 0.15) is 5.82 Å². The van der Waals surface area contributed by atoms with Gasteiger partial charge < -0.3 is 5.73 Å². The maximum absolute atomic E-state index is 13.5. The summed E-state index contributed by atoms with van der Waals surface area (Å²) in [5.41, 5.74) is 9.13. The van der Waals surface area contributed by atoms with E-state index in [0.29, 0.717) is 22.4 Å². The molecule has 6 heteroatoms. The Kier molecular flexibility index (Phi) is 3.68. The van der Waals surface area contributed by atoms with Gasteiger partial charge in [0.15, 0.2) is 0 Å². The fourth-order valence-corrected chi connectivity index (χ4v) is 3.02. The molecular weight excluding hydrogens is 339 g/mol. The van der Waals surface area contributed by atoms with Gasteiger partial charge in [0.2, 0.25) is 5.82 Å². The Morgan fingerprint density at radius 2 is 1.50 bits per heavy atom. The molecule has 26 heavy (non-hydrogen) atoms. The van der Waals surface area contributed by atoms with Crippen LogP contribution in [0.5, 0.6) is 0 Å². The average Bonchev–Trinajstić information content (AvgIpc) is 3.02. The summed E-state index contributed by atoms with van der Waals surface area (Å²) in [6, 6.07) is 20.7. The first-order valence-corrected chi connectivity index (χ1v) is 7.94. The number of anilines is 1. The molecule has 0 amide bonds. The molecule has 4 rings (SSSR count). The number of halogens is 3. The van der Waals surface area contributed by atoms with Crippen molar-refractivity contribution in [3.8, 4) is 16.8 Å². The monoisotopic (exact) mass is 353 g/mol. The number of alkyl halides is 3. The van der Waals surface area contributed by atoms with E-state index in [2.05, 4.69) is 4.98 Å². The molecular formula is C20H14F3N3. The molecule has 3 aromatic carbocycles. The van der Waals surface area contributed by atoms with Gasteiger partial charge in [-0.1, -0.05) is 36.4 Å². The Balaban J connectivity index is 1.95. The smallest absolute Gasteiger partial charge is 0.399 e. The number of nitrogen functional groups attached to an aromatic ring is 1. The van der Waals surface area contributed by atoms with Crippen molar-refractivity contribution >= 4 is 16.7 Å². The lowest BCUT2D eigenvalue weighted by Gasteiger charge is -2.13. The summed E-state index contributed by atoms with van der Waals surface area (Å²) in [7, 11) is 0. The van der Waals surface area contributed by atoms with Gasteiger partial charge >= 0.3 is 6.18 Å². The van der Waals surface area contributed by atoms with Gasteiger partial charge in [0, 0.05) is 11.4 Å². The molecule has 0 atom stereocenters. The summed E-state index contributed by atoms with van der Waals surface area (Å²) in [4.78, 5) is 3.79. The summed E-state index contributed by atoms with van der Waals surface area (Å²) in [6.45, 7) is 0. The van der Waals surface area contributed by atoms with Crippen molar-refractivity contribution < 1.29 is 13.2 Å². The molecule has 0 aliphatic heterocycles. The van der Waals surface area contributed by atoms with Crippen molar-refractivity contribution in [2.75, 3.05) is 5.73 Å². The molecule has 0 bridgehead atoms. The van der Waals surface area contributed by atoms with E-state index in [1.165, 1.54) is 0 Å². The van der Waals surface area contributed by atoms with E-state index < -0.39 is 12.0 Å². The molecule has 0 aliphatic carbocycles. The lowest BCUT2D eigenvalue weighted by Crippen LogP contribution is -2.13. The number of hydrogen-bond donors (Lipinski definition) is 1. The lowest BCUT2D eigenvalue weighted by atomic mass is 10.0. The van der Waals surface area contributed by atoms with Crippen molar-refractivity contribution in [2.24, 2.45) is 0 Å². The molecule has 0 saturated heterocycles. The second kappa shape index (κ2) is 5.91. The van der Waals surface area contributed by atoms with Gasteiger partial charge in [-0.3, -0.25) is 4.57 Å². The van der Waals surface area contributed by atoms with Gasteiger partial charge in [0.05, 0.1) is 11.0 Å².